The van der Waals surface area contributed by atoms with Crippen molar-refractivity contribution in [3.8, 4) is 0 Å². The predicted molar refractivity (Wildman–Crippen MR) is 87.9 cm³/mol. The molecule has 4 heteroatoms. The number of carbonyl (C=O) groups excluding carboxylic acids is 1. The van der Waals surface area contributed by atoms with E-state index in [0.29, 0.717) is 0 Å². The highest BCUT2D eigenvalue weighted by Gasteiger charge is 2.45. The van der Waals surface area contributed by atoms with E-state index in [9.17, 15) is 4.79 Å². The Balaban J connectivity index is 2.05. The summed E-state index contributed by atoms with van der Waals surface area (Å²) in [6.45, 7) is 9.52. The van der Waals surface area contributed by atoms with E-state index in [1.807, 2.05) is 25.7 Å². The zero-order valence-corrected chi connectivity index (χ0v) is 14.8. The second-order valence-electron chi connectivity index (χ2n) is 7.87. The van der Waals surface area contributed by atoms with Crippen molar-refractivity contribution in [2.24, 2.45) is 5.41 Å². The van der Waals surface area contributed by atoms with Crippen LogP contribution in [0.4, 0.5) is 4.79 Å². The fourth-order valence-electron chi connectivity index (χ4n) is 3.81. The SMILES string of the molecule is CC/C=C1\CC(OC)C[C@]2(CCN(C(=O)OC(C)(C)C)C2)C1. The summed E-state index contributed by atoms with van der Waals surface area (Å²) in [7, 11) is 1.80. The molecule has 0 N–H and O–H groups in total. The van der Waals surface area contributed by atoms with Crippen LogP contribution in [0, 0.1) is 5.41 Å². The Hall–Kier alpha value is -1.03. The van der Waals surface area contributed by atoms with Crippen LogP contribution in [0.1, 0.15) is 59.8 Å². The van der Waals surface area contributed by atoms with E-state index in [4.69, 9.17) is 9.47 Å². The van der Waals surface area contributed by atoms with Crippen LogP contribution in [0.5, 0.6) is 0 Å². The van der Waals surface area contributed by atoms with E-state index in [1.54, 1.807) is 7.11 Å². The summed E-state index contributed by atoms with van der Waals surface area (Å²) < 4.78 is 11.2. The third kappa shape index (κ3) is 4.25. The third-order valence-electron chi connectivity index (χ3n) is 4.67. The van der Waals surface area contributed by atoms with Crippen LogP contribution in [0.25, 0.3) is 0 Å². The Kier molecular flexibility index (Phi) is 5.21. The second-order valence-corrected chi connectivity index (χ2v) is 7.87. The average Bonchev–Trinajstić information content (AvgIpc) is 2.80. The molecule has 2 rings (SSSR count). The lowest BCUT2D eigenvalue weighted by Gasteiger charge is -2.39. The van der Waals surface area contributed by atoms with E-state index < -0.39 is 5.60 Å². The van der Waals surface area contributed by atoms with Crippen LogP contribution in [-0.2, 0) is 9.47 Å². The van der Waals surface area contributed by atoms with E-state index in [1.165, 1.54) is 5.57 Å². The smallest absolute Gasteiger partial charge is 0.410 e. The van der Waals surface area contributed by atoms with Gasteiger partial charge in [-0.15, -0.1) is 0 Å². The molecule has 1 heterocycles. The van der Waals surface area contributed by atoms with Crippen LogP contribution in [0.3, 0.4) is 0 Å². The number of hydrogen-bond acceptors (Lipinski definition) is 3. The largest absolute Gasteiger partial charge is 0.444 e. The normalized spacial score (nSPS) is 31.0. The summed E-state index contributed by atoms with van der Waals surface area (Å²) in [5, 5.41) is 0. The Morgan fingerprint density at radius 3 is 2.77 bits per heavy atom. The molecule has 0 aromatic carbocycles. The minimum absolute atomic E-state index is 0.176. The molecule has 2 atom stereocenters. The molecule has 1 aliphatic heterocycles. The zero-order chi connectivity index (χ0) is 16.4. The van der Waals surface area contributed by atoms with E-state index in [0.717, 1.165) is 45.2 Å². The first kappa shape index (κ1) is 17.3. The molecular weight excluding hydrogens is 278 g/mol. The lowest BCUT2D eigenvalue weighted by Crippen LogP contribution is -2.39. The maximum Gasteiger partial charge on any atom is 0.410 e. The fourth-order valence-corrected chi connectivity index (χ4v) is 3.81. The summed E-state index contributed by atoms with van der Waals surface area (Å²) in [6, 6.07) is 0. The van der Waals surface area contributed by atoms with Gasteiger partial charge in [0.25, 0.3) is 0 Å². The molecule has 1 saturated carbocycles. The summed E-state index contributed by atoms with van der Waals surface area (Å²) in [6.07, 6.45) is 7.74. The highest BCUT2D eigenvalue weighted by molar-refractivity contribution is 5.68. The molecule has 4 nitrogen and oxygen atoms in total. The molecule has 1 saturated heterocycles. The number of amides is 1. The van der Waals surface area contributed by atoms with Gasteiger partial charge in [-0.05, 0) is 58.3 Å². The Morgan fingerprint density at radius 2 is 2.18 bits per heavy atom. The first-order valence-corrected chi connectivity index (χ1v) is 8.45. The van der Waals surface area contributed by atoms with E-state index in [2.05, 4.69) is 13.0 Å². The molecule has 22 heavy (non-hydrogen) atoms. The molecule has 1 amide bonds. The van der Waals surface area contributed by atoms with Crippen molar-refractivity contribution in [1.29, 1.82) is 0 Å². The van der Waals surface area contributed by atoms with Crippen LogP contribution < -0.4 is 0 Å². The molecule has 1 aliphatic carbocycles. The zero-order valence-electron chi connectivity index (χ0n) is 14.8. The van der Waals surface area contributed by atoms with Crippen molar-refractivity contribution < 1.29 is 14.3 Å². The number of allylic oxidation sites excluding steroid dienone is 1. The first-order chi connectivity index (χ1) is 10.3. The lowest BCUT2D eigenvalue weighted by molar-refractivity contribution is 0.0173. The topological polar surface area (TPSA) is 38.8 Å². The summed E-state index contributed by atoms with van der Waals surface area (Å²) in [5.41, 5.74) is 1.24. The number of rotatable bonds is 2. The molecule has 1 spiro atoms. The number of methoxy groups -OCH3 is 1. The molecule has 2 aliphatic rings. The maximum absolute atomic E-state index is 12.3. The van der Waals surface area contributed by atoms with Gasteiger partial charge in [0.2, 0.25) is 0 Å². The van der Waals surface area contributed by atoms with Crippen molar-refractivity contribution in [3.05, 3.63) is 11.6 Å². The van der Waals surface area contributed by atoms with Gasteiger partial charge in [-0.2, -0.15) is 0 Å². The van der Waals surface area contributed by atoms with Crippen LogP contribution in [0.15, 0.2) is 11.6 Å². The highest BCUT2D eigenvalue weighted by atomic mass is 16.6. The van der Waals surface area contributed by atoms with Gasteiger partial charge in [-0.25, -0.2) is 4.79 Å². The fraction of sp³-hybridized carbons (Fsp3) is 0.833. The van der Waals surface area contributed by atoms with Gasteiger partial charge >= 0.3 is 6.09 Å². The first-order valence-electron chi connectivity index (χ1n) is 8.45. The second kappa shape index (κ2) is 6.61. The maximum atomic E-state index is 12.3. The van der Waals surface area contributed by atoms with Crippen LogP contribution >= 0.6 is 0 Å². The van der Waals surface area contributed by atoms with Gasteiger partial charge in [-0.1, -0.05) is 18.6 Å². The summed E-state index contributed by atoms with van der Waals surface area (Å²) >= 11 is 0. The van der Waals surface area contributed by atoms with Crippen molar-refractivity contribution in [2.75, 3.05) is 20.2 Å². The number of ether oxygens (including phenoxy) is 2. The molecule has 0 bridgehead atoms. The summed E-state index contributed by atoms with van der Waals surface area (Å²) in [4.78, 5) is 14.2. The molecule has 0 radical (unpaired) electrons. The van der Waals surface area contributed by atoms with Gasteiger partial charge in [-0.3, -0.25) is 0 Å². The van der Waals surface area contributed by atoms with Crippen LogP contribution in [0.2, 0.25) is 0 Å². The molecule has 1 unspecified atom stereocenters. The molecule has 126 valence electrons. The Morgan fingerprint density at radius 1 is 1.45 bits per heavy atom. The van der Waals surface area contributed by atoms with Crippen molar-refractivity contribution in [2.45, 2.75) is 71.5 Å². The predicted octanol–water partition coefficient (Wildman–Crippen LogP) is 4.15. The Bertz CT molecular complexity index is 438. The minimum atomic E-state index is -0.429. The molecule has 0 aromatic rings. The van der Waals surface area contributed by atoms with Crippen molar-refractivity contribution in [3.63, 3.8) is 0 Å². The number of nitrogens with zero attached hydrogens (tertiary/aromatic N) is 1. The number of hydrogen-bond donors (Lipinski definition) is 0. The molecule has 0 aromatic heterocycles. The van der Waals surface area contributed by atoms with Crippen molar-refractivity contribution >= 4 is 6.09 Å². The monoisotopic (exact) mass is 309 g/mol. The van der Waals surface area contributed by atoms with Gasteiger partial charge < -0.3 is 14.4 Å². The summed E-state index contributed by atoms with van der Waals surface area (Å²) in [5.74, 6) is 0. The van der Waals surface area contributed by atoms with Crippen molar-refractivity contribution in [1.82, 2.24) is 4.90 Å². The van der Waals surface area contributed by atoms with Gasteiger partial charge in [0.1, 0.15) is 5.60 Å². The van der Waals surface area contributed by atoms with Gasteiger partial charge in [0, 0.05) is 20.2 Å². The molecular formula is C18H31NO3. The van der Waals surface area contributed by atoms with E-state index >= 15 is 0 Å². The Labute approximate surface area is 134 Å². The third-order valence-corrected chi connectivity index (χ3v) is 4.67. The number of carbonyl (C=O) groups is 1. The standard InChI is InChI=1S/C18H31NO3/c1-6-7-14-10-15(21-5)12-18(11-14)8-9-19(13-18)16(20)22-17(2,3)4/h7,15H,6,8-13H2,1-5H3/b14-7+/t15?,18-/m0/s1. The lowest BCUT2D eigenvalue weighted by atomic mass is 9.70. The number of likely N-dealkylation sites (tertiary alicyclic amines) is 1. The van der Waals surface area contributed by atoms with Gasteiger partial charge in [0.15, 0.2) is 0 Å². The minimum Gasteiger partial charge on any atom is -0.444 e. The average molecular weight is 309 g/mol. The molecule has 2 fully saturated rings. The quantitative estimate of drug-likeness (QED) is 0.719. The van der Waals surface area contributed by atoms with Crippen LogP contribution in [-0.4, -0.2) is 42.9 Å². The van der Waals surface area contributed by atoms with Gasteiger partial charge in [0.05, 0.1) is 6.10 Å². The highest BCUT2D eigenvalue weighted by Crippen LogP contribution is 2.46. The van der Waals surface area contributed by atoms with E-state index in [-0.39, 0.29) is 17.6 Å².